The summed E-state index contributed by atoms with van der Waals surface area (Å²) in [6.45, 7) is -0.0978. The number of halogens is 1. The molecule has 0 radical (unpaired) electrons. The summed E-state index contributed by atoms with van der Waals surface area (Å²) < 4.78 is 39.6. The second kappa shape index (κ2) is 5.38. The molecule has 0 unspecified atom stereocenters. The minimum absolute atomic E-state index is 0.0954. The third kappa shape index (κ3) is 3.30. The van der Waals surface area contributed by atoms with E-state index in [0.29, 0.717) is 11.3 Å². The van der Waals surface area contributed by atoms with Gasteiger partial charge in [-0.2, -0.15) is 0 Å². The number of nitrogen functional groups attached to an aromatic ring is 1. The molecule has 2 rings (SSSR count). The molecule has 100 valence electrons. The van der Waals surface area contributed by atoms with Crippen LogP contribution in [0.1, 0.15) is 5.56 Å². The normalized spacial score (nSPS) is 11.4. The fourth-order valence-electron chi connectivity index (χ4n) is 1.54. The lowest BCUT2D eigenvalue weighted by Crippen LogP contribution is -2.23. The first-order valence-electron chi connectivity index (χ1n) is 5.58. The molecule has 0 atom stereocenters. The number of anilines is 1. The van der Waals surface area contributed by atoms with Crippen LogP contribution in [0.25, 0.3) is 0 Å². The lowest BCUT2D eigenvalue weighted by molar-refractivity contribution is 0.574. The Labute approximate surface area is 111 Å². The predicted octanol–water partition coefficient (Wildman–Crippen LogP) is 1.89. The summed E-state index contributed by atoms with van der Waals surface area (Å²) in [6.07, 6.45) is 0. The van der Waals surface area contributed by atoms with E-state index in [9.17, 15) is 12.8 Å². The van der Waals surface area contributed by atoms with Crippen LogP contribution in [0.5, 0.6) is 0 Å². The minimum Gasteiger partial charge on any atom is -0.399 e. The van der Waals surface area contributed by atoms with Crippen molar-refractivity contribution >= 4 is 15.7 Å². The molecular formula is C13H13FN2O2S. The number of nitrogens with one attached hydrogen (secondary N) is 1. The van der Waals surface area contributed by atoms with Gasteiger partial charge in [-0.05, 0) is 30.3 Å². The maximum atomic E-state index is 13.4. The van der Waals surface area contributed by atoms with Gasteiger partial charge in [0.15, 0.2) is 0 Å². The molecule has 0 heterocycles. The molecule has 3 N–H and O–H groups in total. The maximum Gasteiger partial charge on any atom is 0.240 e. The van der Waals surface area contributed by atoms with Crippen molar-refractivity contribution < 1.29 is 12.8 Å². The molecule has 6 heteroatoms. The van der Waals surface area contributed by atoms with Crippen LogP contribution in [0.2, 0.25) is 0 Å². The van der Waals surface area contributed by atoms with Crippen LogP contribution in [0, 0.1) is 5.82 Å². The first-order valence-corrected chi connectivity index (χ1v) is 7.06. The molecule has 19 heavy (non-hydrogen) atoms. The predicted molar refractivity (Wildman–Crippen MR) is 71.3 cm³/mol. The summed E-state index contributed by atoms with van der Waals surface area (Å²) in [7, 11) is -3.66. The number of benzene rings is 2. The number of sulfonamides is 1. The molecule has 0 aliphatic carbocycles. The van der Waals surface area contributed by atoms with E-state index >= 15 is 0 Å². The summed E-state index contributed by atoms with van der Waals surface area (Å²) in [5.41, 5.74) is 6.26. The van der Waals surface area contributed by atoms with Crippen LogP contribution in [0.4, 0.5) is 10.1 Å². The van der Waals surface area contributed by atoms with E-state index in [0.717, 1.165) is 0 Å². The quantitative estimate of drug-likeness (QED) is 0.840. The molecule has 0 amide bonds. The van der Waals surface area contributed by atoms with Gasteiger partial charge >= 0.3 is 0 Å². The average Bonchev–Trinajstić information content (AvgIpc) is 2.38. The third-order valence-electron chi connectivity index (χ3n) is 2.60. The summed E-state index contributed by atoms with van der Waals surface area (Å²) in [6, 6.07) is 11.8. The highest BCUT2D eigenvalue weighted by molar-refractivity contribution is 7.89. The van der Waals surface area contributed by atoms with E-state index in [4.69, 9.17) is 5.73 Å². The van der Waals surface area contributed by atoms with Crippen LogP contribution in [0.3, 0.4) is 0 Å². The van der Waals surface area contributed by atoms with E-state index in [1.165, 1.54) is 36.4 Å². The molecule has 0 aliphatic rings. The number of nitrogens with two attached hydrogens (primary N) is 1. The van der Waals surface area contributed by atoms with Crippen LogP contribution in [-0.2, 0) is 16.6 Å². The third-order valence-corrected chi connectivity index (χ3v) is 4.02. The lowest BCUT2D eigenvalue weighted by Gasteiger charge is -2.07. The first-order chi connectivity index (χ1) is 8.99. The molecule has 0 saturated heterocycles. The number of hydrogen-bond acceptors (Lipinski definition) is 3. The second-order valence-corrected chi connectivity index (χ2v) is 5.75. The standard InChI is InChI=1S/C13H13FN2O2S/c14-13-4-2-1-3-10(13)9-16-19(17,18)12-7-5-11(15)6-8-12/h1-8,16H,9,15H2. The zero-order valence-electron chi connectivity index (χ0n) is 10.0. The van der Waals surface area contributed by atoms with Crippen LogP contribution in [0.15, 0.2) is 53.4 Å². The fraction of sp³-hybridized carbons (Fsp3) is 0.0769. The van der Waals surface area contributed by atoms with Crippen LogP contribution in [-0.4, -0.2) is 8.42 Å². The Morgan fingerprint density at radius 1 is 1.05 bits per heavy atom. The van der Waals surface area contributed by atoms with Crippen molar-refractivity contribution in [3.8, 4) is 0 Å². The highest BCUT2D eigenvalue weighted by Crippen LogP contribution is 2.13. The van der Waals surface area contributed by atoms with Gasteiger partial charge in [-0.3, -0.25) is 0 Å². The highest BCUT2D eigenvalue weighted by atomic mass is 32.2. The van der Waals surface area contributed by atoms with Crippen molar-refractivity contribution in [2.45, 2.75) is 11.4 Å². The molecule has 0 spiro atoms. The Bertz CT molecular complexity index is 669. The average molecular weight is 280 g/mol. The van der Waals surface area contributed by atoms with E-state index in [-0.39, 0.29) is 11.4 Å². The molecule has 0 aromatic heterocycles. The van der Waals surface area contributed by atoms with Gasteiger partial charge in [0.2, 0.25) is 10.0 Å². The Balaban J connectivity index is 2.14. The summed E-state index contributed by atoms with van der Waals surface area (Å²) in [5.74, 6) is -0.442. The van der Waals surface area contributed by atoms with Gasteiger partial charge in [0.1, 0.15) is 5.82 Å². The van der Waals surface area contributed by atoms with Crippen molar-refractivity contribution in [3.05, 3.63) is 59.9 Å². The van der Waals surface area contributed by atoms with Gasteiger partial charge in [-0.1, -0.05) is 18.2 Å². The van der Waals surface area contributed by atoms with E-state index in [2.05, 4.69) is 4.72 Å². The summed E-state index contributed by atoms with van der Waals surface area (Å²) in [5, 5.41) is 0. The lowest BCUT2D eigenvalue weighted by atomic mass is 10.2. The Morgan fingerprint density at radius 3 is 2.32 bits per heavy atom. The van der Waals surface area contributed by atoms with Crippen molar-refractivity contribution in [2.75, 3.05) is 5.73 Å². The maximum absolute atomic E-state index is 13.4. The zero-order chi connectivity index (χ0) is 13.9. The monoisotopic (exact) mass is 280 g/mol. The summed E-state index contributed by atoms with van der Waals surface area (Å²) >= 11 is 0. The molecule has 4 nitrogen and oxygen atoms in total. The number of rotatable bonds is 4. The molecule has 2 aromatic rings. The van der Waals surface area contributed by atoms with Crippen molar-refractivity contribution in [1.29, 1.82) is 0 Å². The topological polar surface area (TPSA) is 72.2 Å². The van der Waals surface area contributed by atoms with E-state index < -0.39 is 15.8 Å². The minimum atomic E-state index is -3.66. The fourth-order valence-corrected chi connectivity index (χ4v) is 2.55. The van der Waals surface area contributed by atoms with Crippen molar-refractivity contribution in [2.24, 2.45) is 0 Å². The Hall–Kier alpha value is -1.92. The van der Waals surface area contributed by atoms with E-state index in [1.54, 1.807) is 12.1 Å². The summed E-state index contributed by atoms with van der Waals surface area (Å²) in [4.78, 5) is 0.0954. The molecule has 0 saturated carbocycles. The van der Waals surface area contributed by atoms with Crippen molar-refractivity contribution in [1.82, 2.24) is 4.72 Å². The molecule has 0 bridgehead atoms. The molecule has 0 fully saturated rings. The molecular weight excluding hydrogens is 267 g/mol. The van der Waals surface area contributed by atoms with Gasteiger partial charge in [0.05, 0.1) is 4.90 Å². The van der Waals surface area contributed by atoms with Crippen LogP contribution >= 0.6 is 0 Å². The van der Waals surface area contributed by atoms with Gasteiger partial charge < -0.3 is 5.73 Å². The number of hydrogen-bond donors (Lipinski definition) is 2. The Morgan fingerprint density at radius 2 is 1.68 bits per heavy atom. The first kappa shape index (κ1) is 13.5. The second-order valence-electron chi connectivity index (χ2n) is 3.98. The highest BCUT2D eigenvalue weighted by Gasteiger charge is 2.14. The smallest absolute Gasteiger partial charge is 0.240 e. The SMILES string of the molecule is Nc1ccc(S(=O)(=O)NCc2ccccc2F)cc1. The van der Waals surface area contributed by atoms with Gasteiger partial charge in [0, 0.05) is 17.8 Å². The van der Waals surface area contributed by atoms with Gasteiger partial charge in [0.25, 0.3) is 0 Å². The van der Waals surface area contributed by atoms with Gasteiger partial charge in [-0.15, -0.1) is 0 Å². The van der Waals surface area contributed by atoms with Gasteiger partial charge in [-0.25, -0.2) is 17.5 Å². The molecule has 0 aliphatic heterocycles. The van der Waals surface area contributed by atoms with Crippen LogP contribution < -0.4 is 10.5 Å². The zero-order valence-corrected chi connectivity index (χ0v) is 10.8. The molecule has 2 aromatic carbocycles. The largest absolute Gasteiger partial charge is 0.399 e. The Kier molecular flexibility index (Phi) is 3.82. The van der Waals surface area contributed by atoms with Crippen molar-refractivity contribution in [3.63, 3.8) is 0 Å². The van der Waals surface area contributed by atoms with E-state index in [1.807, 2.05) is 0 Å².